The van der Waals surface area contributed by atoms with Crippen LogP contribution in [0.5, 0.6) is 0 Å². The number of hydrogen-bond donors (Lipinski definition) is 0. The first-order valence-electron chi connectivity index (χ1n) is 3.37. The topological polar surface area (TPSA) is 41.6 Å². The van der Waals surface area contributed by atoms with Crippen LogP contribution in [0, 0.1) is 11.3 Å². The first-order chi connectivity index (χ1) is 5.72. The number of alkyl halides is 1. The van der Waals surface area contributed by atoms with Crippen molar-refractivity contribution in [3.05, 3.63) is 12.4 Å². The summed E-state index contributed by atoms with van der Waals surface area (Å²) in [4.78, 5) is 1.04. The largest absolute Gasteiger partial charge is 0.275 e. The van der Waals surface area contributed by atoms with Gasteiger partial charge in [-0.3, -0.25) is 4.68 Å². The molecule has 0 radical (unpaired) electrons. The van der Waals surface area contributed by atoms with E-state index in [2.05, 4.69) is 5.10 Å². The second kappa shape index (κ2) is 4.39. The molecule has 0 saturated heterocycles. The third kappa shape index (κ3) is 2.76. The fourth-order valence-electron chi connectivity index (χ4n) is 0.680. The minimum atomic E-state index is -0.421. The summed E-state index contributed by atoms with van der Waals surface area (Å²) in [6, 6.07) is 1.96. The lowest BCUT2D eigenvalue weighted by Crippen LogP contribution is -1.96. The lowest BCUT2D eigenvalue weighted by atomic mass is 10.5. The molecule has 12 heavy (non-hydrogen) atoms. The van der Waals surface area contributed by atoms with Gasteiger partial charge in [0.25, 0.3) is 0 Å². The zero-order chi connectivity index (χ0) is 8.97. The molecule has 0 aliphatic rings. The van der Waals surface area contributed by atoms with Crippen molar-refractivity contribution in [3.8, 4) is 6.07 Å². The van der Waals surface area contributed by atoms with Crippen LogP contribution in [-0.4, -0.2) is 20.9 Å². The number of nitriles is 1. The lowest BCUT2D eigenvalue weighted by Gasteiger charge is -1.96. The molecule has 0 aliphatic heterocycles. The Hall–Kier alpha value is -0.660. The van der Waals surface area contributed by atoms with Gasteiger partial charge in [0.05, 0.1) is 12.3 Å². The van der Waals surface area contributed by atoms with Crippen LogP contribution in [0.25, 0.3) is 0 Å². The van der Waals surface area contributed by atoms with Gasteiger partial charge < -0.3 is 0 Å². The summed E-state index contributed by atoms with van der Waals surface area (Å²) in [5.41, 5.74) is 0. The maximum atomic E-state index is 8.40. The molecule has 3 nitrogen and oxygen atoms in total. The van der Waals surface area contributed by atoms with Crippen molar-refractivity contribution in [2.75, 3.05) is 5.75 Å². The molecular formula is C7H8ClN3S. The predicted molar refractivity (Wildman–Crippen MR) is 49.2 cm³/mol. The summed E-state index contributed by atoms with van der Waals surface area (Å²) in [6.07, 6.45) is 3.65. The minimum absolute atomic E-state index is 0.421. The molecule has 64 valence electrons. The van der Waals surface area contributed by atoms with Crippen LogP contribution in [0.2, 0.25) is 0 Å². The maximum absolute atomic E-state index is 8.40. The zero-order valence-corrected chi connectivity index (χ0v) is 8.14. The van der Waals surface area contributed by atoms with Crippen LogP contribution in [-0.2, 0) is 7.05 Å². The highest BCUT2D eigenvalue weighted by Crippen LogP contribution is 2.18. The number of halogens is 1. The highest BCUT2D eigenvalue weighted by atomic mass is 35.5. The number of nitrogens with zero attached hydrogens (tertiary/aromatic N) is 3. The van der Waals surface area contributed by atoms with Crippen molar-refractivity contribution in [1.29, 1.82) is 5.26 Å². The van der Waals surface area contributed by atoms with Gasteiger partial charge in [-0.25, -0.2) is 0 Å². The van der Waals surface area contributed by atoms with E-state index < -0.39 is 5.38 Å². The second-order valence-corrected chi connectivity index (χ2v) is 3.88. The molecule has 1 unspecified atom stereocenters. The number of thioether (sulfide) groups is 1. The van der Waals surface area contributed by atoms with Crippen LogP contribution < -0.4 is 0 Å². The molecule has 0 amide bonds. The standard InChI is InChI=1S/C7H8ClN3S/c1-11-4-7(3-10-11)12-5-6(8)2-9/h3-4,6H,5H2,1H3. The fourth-order valence-corrected chi connectivity index (χ4v) is 1.63. The van der Waals surface area contributed by atoms with Gasteiger partial charge in [0, 0.05) is 23.9 Å². The van der Waals surface area contributed by atoms with Gasteiger partial charge in [-0.05, 0) is 0 Å². The summed E-state index contributed by atoms with van der Waals surface area (Å²) in [5, 5.41) is 12.0. The highest BCUT2D eigenvalue weighted by Gasteiger charge is 2.03. The van der Waals surface area contributed by atoms with Gasteiger partial charge in [-0.15, -0.1) is 23.4 Å². The molecule has 1 aromatic rings. The van der Waals surface area contributed by atoms with E-state index in [1.807, 2.05) is 19.3 Å². The Labute approximate surface area is 80.3 Å². The average Bonchev–Trinajstić information content (AvgIpc) is 2.47. The van der Waals surface area contributed by atoms with Gasteiger partial charge >= 0.3 is 0 Å². The Kier molecular flexibility index (Phi) is 3.45. The van der Waals surface area contributed by atoms with Crippen molar-refractivity contribution >= 4 is 23.4 Å². The molecule has 0 saturated carbocycles. The van der Waals surface area contributed by atoms with E-state index in [1.165, 1.54) is 11.8 Å². The number of aromatic nitrogens is 2. The quantitative estimate of drug-likeness (QED) is 0.552. The molecule has 0 bridgehead atoms. The SMILES string of the molecule is Cn1cc(SCC(Cl)C#N)cn1. The van der Waals surface area contributed by atoms with Crippen LogP contribution in [0.3, 0.4) is 0 Å². The van der Waals surface area contributed by atoms with Gasteiger partial charge in [-0.2, -0.15) is 10.4 Å². The first-order valence-corrected chi connectivity index (χ1v) is 4.79. The van der Waals surface area contributed by atoms with Gasteiger partial charge in [0.15, 0.2) is 0 Å². The molecule has 0 N–H and O–H groups in total. The van der Waals surface area contributed by atoms with Crippen LogP contribution in [0.4, 0.5) is 0 Å². The first kappa shape index (κ1) is 9.43. The summed E-state index contributed by atoms with van der Waals surface area (Å²) >= 11 is 7.15. The molecule has 1 rings (SSSR count). The highest BCUT2D eigenvalue weighted by molar-refractivity contribution is 7.99. The van der Waals surface area contributed by atoms with Crippen molar-refractivity contribution in [1.82, 2.24) is 9.78 Å². The van der Waals surface area contributed by atoms with Crippen molar-refractivity contribution in [3.63, 3.8) is 0 Å². The zero-order valence-electron chi connectivity index (χ0n) is 6.57. The Balaban J connectivity index is 2.39. The average molecular weight is 202 g/mol. The van der Waals surface area contributed by atoms with Crippen molar-refractivity contribution in [2.24, 2.45) is 7.05 Å². The van der Waals surface area contributed by atoms with E-state index in [9.17, 15) is 0 Å². The second-order valence-electron chi connectivity index (χ2n) is 2.26. The third-order valence-corrected chi connectivity index (χ3v) is 2.70. The van der Waals surface area contributed by atoms with Gasteiger partial charge in [0.2, 0.25) is 0 Å². The minimum Gasteiger partial charge on any atom is -0.275 e. The van der Waals surface area contributed by atoms with E-state index in [0.717, 1.165) is 4.90 Å². The molecule has 0 aromatic carbocycles. The van der Waals surface area contributed by atoms with E-state index in [-0.39, 0.29) is 0 Å². The van der Waals surface area contributed by atoms with Gasteiger partial charge in [-0.1, -0.05) is 0 Å². The summed E-state index contributed by atoms with van der Waals surface area (Å²) in [5.74, 6) is 0.601. The third-order valence-electron chi connectivity index (χ3n) is 1.22. The summed E-state index contributed by atoms with van der Waals surface area (Å²) in [6.45, 7) is 0. The smallest absolute Gasteiger partial charge is 0.129 e. The Morgan fingerprint density at radius 3 is 3.17 bits per heavy atom. The normalized spacial score (nSPS) is 12.4. The monoisotopic (exact) mass is 201 g/mol. The van der Waals surface area contributed by atoms with E-state index >= 15 is 0 Å². The Bertz CT molecular complexity index is 291. The van der Waals surface area contributed by atoms with Crippen molar-refractivity contribution in [2.45, 2.75) is 10.3 Å². The summed E-state index contributed by atoms with van der Waals surface area (Å²) < 4.78 is 1.72. The fraction of sp³-hybridized carbons (Fsp3) is 0.429. The molecule has 5 heteroatoms. The molecule has 1 aromatic heterocycles. The molecule has 0 fully saturated rings. The van der Waals surface area contributed by atoms with Crippen LogP contribution in [0.1, 0.15) is 0 Å². The van der Waals surface area contributed by atoms with E-state index in [4.69, 9.17) is 16.9 Å². The molecule has 0 spiro atoms. The molecule has 0 aliphatic carbocycles. The summed E-state index contributed by atoms with van der Waals surface area (Å²) in [7, 11) is 1.85. The molecule has 1 heterocycles. The number of rotatable bonds is 3. The molecular weight excluding hydrogens is 194 g/mol. The van der Waals surface area contributed by atoms with Gasteiger partial charge in [0.1, 0.15) is 5.38 Å². The van der Waals surface area contributed by atoms with Crippen molar-refractivity contribution < 1.29 is 0 Å². The number of hydrogen-bond acceptors (Lipinski definition) is 3. The Morgan fingerprint density at radius 2 is 2.67 bits per heavy atom. The van der Waals surface area contributed by atoms with Crippen LogP contribution in [0.15, 0.2) is 17.3 Å². The lowest BCUT2D eigenvalue weighted by molar-refractivity contribution is 0.766. The van der Waals surface area contributed by atoms with E-state index in [1.54, 1.807) is 10.9 Å². The Morgan fingerprint density at radius 1 is 1.92 bits per heavy atom. The van der Waals surface area contributed by atoms with E-state index in [0.29, 0.717) is 5.75 Å². The maximum Gasteiger partial charge on any atom is 0.129 e. The van der Waals surface area contributed by atoms with Crippen LogP contribution >= 0.6 is 23.4 Å². The number of aryl methyl sites for hydroxylation is 1. The molecule has 1 atom stereocenters. The predicted octanol–water partition coefficient (Wildman–Crippen LogP) is 1.64.